The second-order valence-electron chi connectivity index (χ2n) is 4.62. The Morgan fingerprint density at radius 2 is 1.63 bits per heavy atom. The third-order valence-corrected chi connectivity index (χ3v) is 12.4. The molecule has 0 unspecified atom stereocenters. The molecule has 2 aromatic carbocycles. The van der Waals surface area contributed by atoms with Gasteiger partial charge in [-0.3, -0.25) is 0 Å². The fourth-order valence-corrected chi connectivity index (χ4v) is 12.8. The molecule has 5 rings (SSSR count). The molecule has 19 heavy (non-hydrogen) atoms. The predicted molar refractivity (Wildman–Crippen MR) is 88.2 cm³/mol. The summed E-state index contributed by atoms with van der Waals surface area (Å²) in [6, 6.07) is 18.0. The summed E-state index contributed by atoms with van der Waals surface area (Å²) < 4.78 is 9.89. The fraction of sp³-hybridized carbons (Fsp3) is 0. The van der Waals surface area contributed by atoms with E-state index in [1.54, 1.807) is 25.4 Å². The molecule has 5 aromatic rings. The maximum atomic E-state index is 2.34. The van der Waals surface area contributed by atoms with Gasteiger partial charge in [-0.15, -0.1) is 0 Å². The number of hydrogen-bond acceptors (Lipinski definition) is 1. The molecule has 90 valence electrons. The van der Waals surface area contributed by atoms with Gasteiger partial charge in [0.2, 0.25) is 0 Å². The first-order chi connectivity index (χ1) is 9.42. The van der Waals surface area contributed by atoms with E-state index >= 15 is 0 Å². The van der Waals surface area contributed by atoms with Crippen LogP contribution in [-0.2, 0) is 0 Å². The van der Waals surface area contributed by atoms with Crippen molar-refractivity contribution >= 4 is 81.8 Å². The number of hydrogen-bond donors (Lipinski definition) is 0. The van der Waals surface area contributed by atoms with Gasteiger partial charge in [0.25, 0.3) is 0 Å². The van der Waals surface area contributed by atoms with Gasteiger partial charge in [0, 0.05) is 0 Å². The van der Waals surface area contributed by atoms with E-state index in [0.717, 1.165) is 0 Å². The van der Waals surface area contributed by atoms with E-state index in [4.69, 9.17) is 0 Å². The van der Waals surface area contributed by atoms with Gasteiger partial charge >= 0.3 is 130 Å². The van der Waals surface area contributed by atoms with Crippen molar-refractivity contribution in [2.24, 2.45) is 0 Å². The Morgan fingerprint density at radius 1 is 0.842 bits per heavy atom. The molecule has 0 bridgehead atoms. The molecule has 3 heteroatoms. The van der Waals surface area contributed by atoms with E-state index in [0.29, 0.717) is 14.5 Å². The fourth-order valence-electron chi connectivity index (χ4n) is 2.65. The Kier molecular flexibility index (Phi) is 2.33. The second-order valence-corrected chi connectivity index (χ2v) is 10.8. The molecule has 0 saturated carbocycles. The molecule has 0 amide bonds. The summed E-state index contributed by atoms with van der Waals surface area (Å²) in [7, 11) is 0. The van der Waals surface area contributed by atoms with Gasteiger partial charge in [-0.2, -0.15) is 0 Å². The average molecular weight is 439 g/mol. The number of thiophene rings is 1. The molecular formula is C16H8SSeTe. The van der Waals surface area contributed by atoms with Crippen LogP contribution in [0.1, 0.15) is 0 Å². The van der Waals surface area contributed by atoms with Crippen LogP contribution >= 0.6 is 11.3 Å². The summed E-state index contributed by atoms with van der Waals surface area (Å²) >= 11 is 2.40. The summed E-state index contributed by atoms with van der Waals surface area (Å²) in [5.41, 5.74) is 0. The van der Waals surface area contributed by atoms with Gasteiger partial charge in [0.05, 0.1) is 0 Å². The molecular weight excluding hydrogens is 431 g/mol. The van der Waals surface area contributed by atoms with Gasteiger partial charge in [0.15, 0.2) is 0 Å². The van der Waals surface area contributed by atoms with Gasteiger partial charge in [-0.1, -0.05) is 0 Å². The molecule has 0 fully saturated rings. The van der Waals surface area contributed by atoms with Gasteiger partial charge in [-0.25, -0.2) is 0 Å². The van der Waals surface area contributed by atoms with Crippen LogP contribution in [0.25, 0.3) is 35.5 Å². The number of rotatable bonds is 0. The van der Waals surface area contributed by atoms with E-state index in [9.17, 15) is 0 Å². The van der Waals surface area contributed by atoms with E-state index in [2.05, 4.69) is 48.5 Å². The van der Waals surface area contributed by atoms with Crippen molar-refractivity contribution in [1.29, 1.82) is 0 Å². The van der Waals surface area contributed by atoms with Gasteiger partial charge in [-0.05, 0) is 0 Å². The first-order valence-electron chi connectivity index (χ1n) is 6.13. The van der Waals surface area contributed by atoms with E-state index < -0.39 is 0 Å². The molecule has 0 aliphatic carbocycles. The van der Waals surface area contributed by atoms with Crippen molar-refractivity contribution in [2.75, 3.05) is 0 Å². The Morgan fingerprint density at radius 3 is 2.58 bits per heavy atom. The topological polar surface area (TPSA) is 0 Å². The second kappa shape index (κ2) is 3.98. The van der Waals surface area contributed by atoms with Crippen LogP contribution in [-0.4, -0.2) is 34.9 Å². The molecule has 0 N–H and O–H groups in total. The van der Waals surface area contributed by atoms with Crippen LogP contribution in [0.3, 0.4) is 0 Å². The summed E-state index contributed by atoms with van der Waals surface area (Å²) in [6.07, 6.45) is 0. The van der Waals surface area contributed by atoms with E-state index in [1.807, 2.05) is 11.3 Å². The summed E-state index contributed by atoms with van der Waals surface area (Å²) in [6.45, 7) is 0. The third-order valence-electron chi connectivity index (χ3n) is 3.51. The van der Waals surface area contributed by atoms with E-state index in [-0.39, 0.29) is 20.4 Å². The Balaban J connectivity index is 2.10. The molecule has 0 radical (unpaired) electrons. The molecule has 0 aliphatic rings. The zero-order chi connectivity index (χ0) is 12.4. The monoisotopic (exact) mass is 442 g/mol. The van der Waals surface area contributed by atoms with Crippen molar-refractivity contribution in [3.8, 4) is 0 Å². The molecule has 0 atom stereocenters. The minimum absolute atomic E-state index is 0.172. The third kappa shape index (κ3) is 1.46. The SMILES string of the molecule is c1ccc2c(c1)sc1c3[se]c4ccccc4c3[te]c21. The molecule has 3 heterocycles. The Hall–Kier alpha value is -0.551. The van der Waals surface area contributed by atoms with Crippen LogP contribution in [0.4, 0.5) is 0 Å². The summed E-state index contributed by atoms with van der Waals surface area (Å²) in [4.78, 5) is 0. The number of fused-ring (bicyclic) bond motifs is 7. The first kappa shape index (κ1) is 11.1. The Labute approximate surface area is 129 Å². The van der Waals surface area contributed by atoms with Gasteiger partial charge in [0.1, 0.15) is 0 Å². The van der Waals surface area contributed by atoms with Crippen LogP contribution in [0.2, 0.25) is 0 Å². The van der Waals surface area contributed by atoms with Crippen molar-refractivity contribution in [3.63, 3.8) is 0 Å². The van der Waals surface area contributed by atoms with Crippen LogP contribution in [0, 0.1) is 0 Å². The summed E-state index contributed by atoms with van der Waals surface area (Å²) in [5, 5.41) is 3.11. The first-order valence-corrected chi connectivity index (χ1v) is 11.0. The normalized spacial score (nSPS) is 12.2. The minimum atomic E-state index is -0.172. The van der Waals surface area contributed by atoms with Crippen molar-refractivity contribution in [3.05, 3.63) is 48.5 Å². The zero-order valence-corrected chi connectivity index (χ0v) is 14.7. The zero-order valence-electron chi connectivity index (χ0n) is 9.84. The van der Waals surface area contributed by atoms with Crippen molar-refractivity contribution in [2.45, 2.75) is 0 Å². The van der Waals surface area contributed by atoms with Crippen LogP contribution in [0.15, 0.2) is 48.5 Å². The van der Waals surface area contributed by atoms with Crippen LogP contribution in [0.5, 0.6) is 0 Å². The Bertz CT molecular complexity index is 979. The van der Waals surface area contributed by atoms with Crippen molar-refractivity contribution in [1.82, 2.24) is 0 Å². The number of benzene rings is 2. The van der Waals surface area contributed by atoms with Crippen LogP contribution < -0.4 is 0 Å². The predicted octanol–water partition coefficient (Wildman–Crippen LogP) is 4.47. The molecule has 0 spiro atoms. The molecule has 0 aliphatic heterocycles. The standard InChI is InChI=1S/C16H8SSeTe/c1-3-7-11-9(5-1)15-13(17-11)14-16(19-15)10-6-2-4-8-12(10)18-14/h1-8H. The average Bonchev–Trinajstić information content (AvgIpc) is 3.07. The molecule has 3 aromatic heterocycles. The quantitative estimate of drug-likeness (QED) is 0.313. The van der Waals surface area contributed by atoms with Crippen molar-refractivity contribution < 1.29 is 0 Å². The summed E-state index contributed by atoms with van der Waals surface area (Å²) in [5.74, 6) is 0. The maximum absolute atomic E-state index is 2.34. The van der Waals surface area contributed by atoms with Gasteiger partial charge < -0.3 is 0 Å². The molecule has 0 nitrogen and oxygen atoms in total. The molecule has 0 saturated heterocycles. The van der Waals surface area contributed by atoms with E-state index in [1.165, 1.54) is 10.1 Å².